The zero-order valence-corrected chi connectivity index (χ0v) is 10.5. The van der Waals surface area contributed by atoms with Crippen LogP contribution in [0.4, 0.5) is 0 Å². The summed E-state index contributed by atoms with van der Waals surface area (Å²) in [6, 6.07) is 1.69. The first-order chi connectivity index (χ1) is 9.15. The summed E-state index contributed by atoms with van der Waals surface area (Å²) in [4.78, 5) is 18.7. The first kappa shape index (κ1) is 12.9. The minimum Gasteiger partial charge on any atom is -0.493 e. The van der Waals surface area contributed by atoms with Gasteiger partial charge in [-0.25, -0.2) is 9.78 Å². The number of aromatic nitrogens is 3. The van der Waals surface area contributed by atoms with Crippen molar-refractivity contribution in [2.45, 2.75) is 6.54 Å². The molecule has 0 saturated heterocycles. The molecule has 0 aliphatic heterocycles. The van der Waals surface area contributed by atoms with Crippen molar-refractivity contribution in [3.63, 3.8) is 0 Å². The number of hydrogen-bond acceptors (Lipinski definition) is 5. The number of hydrogen-bond donors (Lipinski definition) is 1. The number of pyridine rings is 1. The summed E-state index contributed by atoms with van der Waals surface area (Å²) in [6.07, 6.45) is 4.47. The normalized spacial score (nSPS) is 10.2. The molecule has 0 spiro atoms. The highest BCUT2D eigenvalue weighted by Gasteiger charge is 2.13. The lowest BCUT2D eigenvalue weighted by Crippen LogP contribution is -2.04. The van der Waals surface area contributed by atoms with Crippen molar-refractivity contribution in [2.75, 3.05) is 14.2 Å². The van der Waals surface area contributed by atoms with Gasteiger partial charge in [-0.3, -0.25) is 4.98 Å². The van der Waals surface area contributed by atoms with Gasteiger partial charge in [-0.05, 0) is 0 Å². The molecule has 0 saturated carbocycles. The van der Waals surface area contributed by atoms with Crippen molar-refractivity contribution in [2.24, 2.45) is 0 Å². The van der Waals surface area contributed by atoms with E-state index in [0.717, 1.165) is 0 Å². The van der Waals surface area contributed by atoms with Crippen molar-refractivity contribution in [1.82, 2.24) is 14.5 Å². The average molecular weight is 263 g/mol. The first-order valence-electron chi connectivity index (χ1n) is 5.46. The fourth-order valence-electron chi connectivity index (χ4n) is 1.69. The van der Waals surface area contributed by atoms with Crippen LogP contribution in [0.5, 0.6) is 11.5 Å². The summed E-state index contributed by atoms with van der Waals surface area (Å²) in [6.45, 7) is 0.348. The summed E-state index contributed by atoms with van der Waals surface area (Å²) in [5.74, 6) is 0.0333. The number of carboxylic acids is 1. The molecular weight excluding hydrogens is 250 g/mol. The predicted octanol–water partition coefficient (Wildman–Crippen LogP) is 1.04. The Morgan fingerprint density at radius 1 is 1.37 bits per heavy atom. The Hall–Kier alpha value is -2.57. The van der Waals surface area contributed by atoms with E-state index in [1.54, 1.807) is 23.9 Å². The average Bonchev–Trinajstić information content (AvgIpc) is 2.87. The van der Waals surface area contributed by atoms with E-state index in [9.17, 15) is 4.79 Å². The van der Waals surface area contributed by atoms with Crippen LogP contribution in [0.1, 0.15) is 16.2 Å². The summed E-state index contributed by atoms with van der Waals surface area (Å²) in [7, 11) is 3.07. The van der Waals surface area contributed by atoms with Crippen LogP contribution in [0.15, 0.2) is 24.8 Å². The van der Waals surface area contributed by atoms with Gasteiger partial charge >= 0.3 is 5.97 Å². The Morgan fingerprint density at radius 2 is 2.16 bits per heavy atom. The van der Waals surface area contributed by atoms with E-state index in [-0.39, 0.29) is 5.69 Å². The lowest BCUT2D eigenvalue weighted by atomic mass is 10.3. The van der Waals surface area contributed by atoms with Crippen LogP contribution in [0.25, 0.3) is 0 Å². The zero-order chi connectivity index (χ0) is 13.8. The molecule has 0 fully saturated rings. The number of aromatic carboxylic acids is 1. The van der Waals surface area contributed by atoms with Crippen LogP contribution in [0, 0.1) is 0 Å². The van der Waals surface area contributed by atoms with Crippen molar-refractivity contribution < 1.29 is 19.4 Å². The van der Waals surface area contributed by atoms with Crippen LogP contribution in [-0.2, 0) is 6.54 Å². The molecule has 2 aromatic heterocycles. The predicted molar refractivity (Wildman–Crippen MR) is 65.6 cm³/mol. The van der Waals surface area contributed by atoms with E-state index in [0.29, 0.717) is 23.7 Å². The van der Waals surface area contributed by atoms with Gasteiger partial charge in [0.25, 0.3) is 0 Å². The summed E-state index contributed by atoms with van der Waals surface area (Å²) < 4.78 is 12.0. The molecule has 0 bridgehead atoms. The van der Waals surface area contributed by atoms with Gasteiger partial charge < -0.3 is 19.1 Å². The highest BCUT2D eigenvalue weighted by atomic mass is 16.5. The highest BCUT2D eigenvalue weighted by Crippen LogP contribution is 2.29. The van der Waals surface area contributed by atoms with Gasteiger partial charge in [-0.2, -0.15) is 0 Å². The molecule has 0 aliphatic rings. The lowest BCUT2D eigenvalue weighted by Gasteiger charge is -2.11. The molecule has 19 heavy (non-hydrogen) atoms. The van der Waals surface area contributed by atoms with Gasteiger partial charge in [0.1, 0.15) is 5.69 Å². The molecule has 2 aromatic rings. The molecule has 7 heteroatoms. The first-order valence-corrected chi connectivity index (χ1v) is 5.46. The van der Waals surface area contributed by atoms with E-state index in [4.69, 9.17) is 14.6 Å². The molecule has 0 radical (unpaired) electrons. The summed E-state index contributed by atoms with van der Waals surface area (Å²) in [5.41, 5.74) is 0.623. The third-order valence-electron chi connectivity index (χ3n) is 2.55. The molecule has 0 amide bonds. The second-order valence-corrected chi connectivity index (χ2v) is 3.73. The van der Waals surface area contributed by atoms with Gasteiger partial charge in [0, 0.05) is 18.5 Å². The van der Waals surface area contributed by atoms with Crippen LogP contribution in [0.3, 0.4) is 0 Å². The van der Waals surface area contributed by atoms with Crippen molar-refractivity contribution in [1.29, 1.82) is 0 Å². The third-order valence-corrected chi connectivity index (χ3v) is 2.55. The number of imidazole rings is 1. The molecule has 0 aromatic carbocycles. The topological polar surface area (TPSA) is 86.5 Å². The Morgan fingerprint density at radius 3 is 2.74 bits per heavy atom. The second-order valence-electron chi connectivity index (χ2n) is 3.73. The van der Waals surface area contributed by atoms with Gasteiger partial charge in [-0.1, -0.05) is 0 Å². The van der Waals surface area contributed by atoms with Crippen LogP contribution in [-0.4, -0.2) is 39.8 Å². The molecule has 0 aliphatic carbocycles. The highest BCUT2D eigenvalue weighted by molar-refractivity contribution is 5.84. The largest absolute Gasteiger partial charge is 0.493 e. The minimum absolute atomic E-state index is 0.0122. The Labute approximate surface area is 109 Å². The molecule has 100 valence electrons. The van der Waals surface area contributed by atoms with E-state index in [2.05, 4.69) is 9.97 Å². The molecule has 7 nitrogen and oxygen atoms in total. The molecule has 0 atom stereocenters. The smallest absolute Gasteiger partial charge is 0.356 e. The number of carboxylic acid groups (broad SMARTS) is 1. The molecule has 2 rings (SSSR count). The van der Waals surface area contributed by atoms with Gasteiger partial charge in [0.2, 0.25) is 0 Å². The maximum atomic E-state index is 10.8. The maximum Gasteiger partial charge on any atom is 0.356 e. The van der Waals surface area contributed by atoms with E-state index >= 15 is 0 Å². The summed E-state index contributed by atoms with van der Waals surface area (Å²) >= 11 is 0. The number of rotatable bonds is 5. The van der Waals surface area contributed by atoms with Crippen molar-refractivity contribution >= 4 is 5.97 Å². The molecular formula is C12H13N3O4. The molecule has 0 unspecified atom stereocenters. The molecule has 2 heterocycles. The van der Waals surface area contributed by atoms with Crippen LogP contribution < -0.4 is 9.47 Å². The second kappa shape index (κ2) is 5.38. The Bertz CT molecular complexity index is 594. The number of nitrogens with zero attached hydrogens (tertiary/aromatic N) is 3. The lowest BCUT2D eigenvalue weighted by molar-refractivity contribution is 0.0691. The van der Waals surface area contributed by atoms with E-state index in [1.807, 2.05) is 0 Å². The standard InChI is InChI=1S/C12H13N3O4/c1-18-10-3-4-13-8(11(10)19-2)5-15-6-9(12(16)17)14-7-15/h3-4,6-7H,5H2,1-2H3,(H,16,17). The van der Waals surface area contributed by atoms with Crippen LogP contribution in [0.2, 0.25) is 0 Å². The van der Waals surface area contributed by atoms with Crippen LogP contribution >= 0.6 is 0 Å². The van der Waals surface area contributed by atoms with Gasteiger partial charge in [0.15, 0.2) is 17.2 Å². The maximum absolute atomic E-state index is 10.8. The van der Waals surface area contributed by atoms with E-state index in [1.165, 1.54) is 19.6 Å². The van der Waals surface area contributed by atoms with Gasteiger partial charge in [-0.15, -0.1) is 0 Å². The number of ether oxygens (including phenoxy) is 2. The quantitative estimate of drug-likeness (QED) is 0.867. The zero-order valence-electron chi connectivity index (χ0n) is 10.5. The minimum atomic E-state index is -1.07. The Balaban J connectivity index is 2.29. The van der Waals surface area contributed by atoms with Crippen molar-refractivity contribution in [3.05, 3.63) is 36.2 Å². The fourth-order valence-corrected chi connectivity index (χ4v) is 1.69. The monoisotopic (exact) mass is 263 g/mol. The number of carbonyl (C=O) groups is 1. The number of methoxy groups -OCH3 is 2. The Kier molecular flexibility index (Phi) is 3.65. The van der Waals surface area contributed by atoms with E-state index < -0.39 is 5.97 Å². The molecule has 1 N–H and O–H groups in total. The SMILES string of the molecule is COc1ccnc(Cn2cnc(C(=O)O)c2)c1OC. The summed E-state index contributed by atoms with van der Waals surface area (Å²) in [5, 5.41) is 8.81. The fraction of sp³-hybridized carbons (Fsp3) is 0.250. The third kappa shape index (κ3) is 2.65. The van der Waals surface area contributed by atoms with Crippen molar-refractivity contribution in [3.8, 4) is 11.5 Å². The van der Waals surface area contributed by atoms with Gasteiger partial charge in [0.05, 0.1) is 27.1 Å².